The fourth-order valence-corrected chi connectivity index (χ4v) is 3.32. The third-order valence-corrected chi connectivity index (χ3v) is 5.06. The molecule has 0 radical (unpaired) electrons. The predicted molar refractivity (Wildman–Crippen MR) is 97.6 cm³/mol. The molecule has 3 aromatic rings. The normalized spacial score (nSPS) is 17.4. The van der Waals surface area contributed by atoms with Gasteiger partial charge >= 0.3 is 0 Å². The van der Waals surface area contributed by atoms with Gasteiger partial charge < -0.3 is 4.98 Å². The number of H-pyrrole nitrogens is 1. The average molecular weight is 374 g/mol. The van der Waals surface area contributed by atoms with Gasteiger partial charge in [-0.3, -0.25) is 15.0 Å². The van der Waals surface area contributed by atoms with Crippen LogP contribution in [-0.4, -0.2) is 16.8 Å². The Morgan fingerprint density at radius 2 is 1.84 bits per heavy atom. The van der Waals surface area contributed by atoms with Gasteiger partial charge in [0.1, 0.15) is 5.92 Å². The number of nitrogens with one attached hydrogen (secondary N) is 2. The molecule has 0 spiro atoms. The van der Waals surface area contributed by atoms with Crippen LogP contribution in [0.4, 0.5) is 5.69 Å². The topological polar surface area (TPSA) is 65.2 Å². The molecule has 2 aromatic carbocycles. The fourth-order valence-electron chi connectivity index (χ4n) is 3.03. The van der Waals surface area contributed by atoms with Crippen molar-refractivity contribution in [2.24, 2.45) is 5.92 Å². The smallest absolute Gasteiger partial charge is 0.258 e. The molecule has 1 aromatic heterocycles. The number of halogens is 2. The van der Waals surface area contributed by atoms with E-state index in [4.69, 9.17) is 23.2 Å². The molecule has 0 saturated carbocycles. The van der Waals surface area contributed by atoms with Crippen LogP contribution in [0.3, 0.4) is 0 Å². The minimum atomic E-state index is -0.784. The summed E-state index contributed by atoms with van der Waals surface area (Å²) in [6, 6.07) is 12.6. The second-order valence-corrected chi connectivity index (χ2v) is 6.68. The standard InChI is InChI=1S/C18H13Cl2N3O2/c19-14-6-5-11(8-15(14)20)23-18(25)13(17(24)22-23)7-10-9-21-16-4-2-1-3-12(10)16/h1-6,8-9,13,21H,7H2,(H,22,24). The number of anilines is 1. The van der Waals surface area contributed by atoms with Crippen LogP contribution >= 0.6 is 23.2 Å². The molecule has 1 aliphatic rings. The number of rotatable bonds is 3. The van der Waals surface area contributed by atoms with Crippen LogP contribution in [0.15, 0.2) is 48.7 Å². The molecule has 0 aliphatic carbocycles. The summed E-state index contributed by atoms with van der Waals surface area (Å²) < 4.78 is 0. The van der Waals surface area contributed by atoms with Crippen molar-refractivity contribution in [1.82, 2.24) is 10.4 Å². The van der Waals surface area contributed by atoms with Crippen LogP contribution in [0.5, 0.6) is 0 Å². The summed E-state index contributed by atoms with van der Waals surface area (Å²) in [6.45, 7) is 0. The lowest BCUT2D eigenvalue weighted by Crippen LogP contribution is -2.35. The summed E-state index contributed by atoms with van der Waals surface area (Å²) >= 11 is 11.9. The quantitative estimate of drug-likeness (QED) is 0.687. The third-order valence-electron chi connectivity index (χ3n) is 4.32. The number of fused-ring (bicyclic) bond motifs is 1. The van der Waals surface area contributed by atoms with E-state index in [1.807, 2.05) is 30.5 Å². The first kappa shape index (κ1) is 16.0. The number of para-hydroxylation sites is 1. The maximum absolute atomic E-state index is 12.7. The van der Waals surface area contributed by atoms with Gasteiger partial charge in [0.2, 0.25) is 0 Å². The summed E-state index contributed by atoms with van der Waals surface area (Å²) in [6.07, 6.45) is 2.17. The zero-order chi connectivity index (χ0) is 17.6. The molecule has 2 N–H and O–H groups in total. The Bertz CT molecular complexity index is 999. The molecular weight excluding hydrogens is 361 g/mol. The van der Waals surface area contributed by atoms with E-state index in [1.165, 1.54) is 5.01 Å². The van der Waals surface area contributed by atoms with E-state index in [0.29, 0.717) is 22.2 Å². The lowest BCUT2D eigenvalue weighted by molar-refractivity contribution is -0.127. The number of benzene rings is 2. The number of hydrazine groups is 1. The molecule has 5 nitrogen and oxygen atoms in total. The van der Waals surface area contributed by atoms with Crippen LogP contribution < -0.4 is 10.4 Å². The number of aromatic amines is 1. The van der Waals surface area contributed by atoms with E-state index >= 15 is 0 Å². The number of nitrogens with zero attached hydrogens (tertiary/aromatic N) is 1. The van der Waals surface area contributed by atoms with E-state index in [9.17, 15) is 9.59 Å². The summed E-state index contributed by atoms with van der Waals surface area (Å²) in [4.78, 5) is 28.2. The Morgan fingerprint density at radius 1 is 1.04 bits per heavy atom. The first-order chi connectivity index (χ1) is 12.0. The van der Waals surface area contributed by atoms with Gasteiger partial charge in [0.25, 0.3) is 11.8 Å². The van der Waals surface area contributed by atoms with Crippen molar-refractivity contribution in [3.63, 3.8) is 0 Å². The van der Waals surface area contributed by atoms with Crippen molar-refractivity contribution in [2.45, 2.75) is 6.42 Å². The van der Waals surface area contributed by atoms with Gasteiger partial charge in [-0.05, 0) is 36.2 Å². The van der Waals surface area contributed by atoms with Crippen molar-refractivity contribution < 1.29 is 9.59 Å². The first-order valence-corrected chi connectivity index (χ1v) is 8.44. The highest BCUT2D eigenvalue weighted by Gasteiger charge is 2.40. The maximum atomic E-state index is 12.7. The Morgan fingerprint density at radius 3 is 2.64 bits per heavy atom. The SMILES string of the molecule is O=C1NN(c2ccc(Cl)c(Cl)c2)C(=O)C1Cc1c[nH]c2ccccc12. The van der Waals surface area contributed by atoms with Gasteiger partial charge in [0.05, 0.1) is 15.7 Å². The molecular formula is C18H13Cl2N3O2. The van der Waals surface area contributed by atoms with E-state index < -0.39 is 5.92 Å². The van der Waals surface area contributed by atoms with Crippen LogP contribution in [0, 0.1) is 5.92 Å². The number of amides is 2. The van der Waals surface area contributed by atoms with Gasteiger partial charge in [0.15, 0.2) is 0 Å². The summed E-state index contributed by atoms with van der Waals surface area (Å²) in [5, 5.41) is 2.94. The monoisotopic (exact) mass is 373 g/mol. The molecule has 1 fully saturated rings. The van der Waals surface area contributed by atoms with Crippen LogP contribution in [-0.2, 0) is 16.0 Å². The fraction of sp³-hybridized carbons (Fsp3) is 0.111. The molecule has 2 amide bonds. The second-order valence-electron chi connectivity index (χ2n) is 5.86. The summed E-state index contributed by atoms with van der Waals surface area (Å²) in [7, 11) is 0. The number of carbonyl (C=O) groups is 2. The minimum absolute atomic E-state index is 0.311. The Kier molecular flexibility index (Phi) is 3.90. The van der Waals surface area contributed by atoms with Gasteiger partial charge in [-0.2, -0.15) is 0 Å². The summed E-state index contributed by atoms with van der Waals surface area (Å²) in [5.74, 6) is -1.43. The van der Waals surface area contributed by atoms with E-state index in [1.54, 1.807) is 18.2 Å². The van der Waals surface area contributed by atoms with Crippen molar-refractivity contribution in [1.29, 1.82) is 0 Å². The maximum Gasteiger partial charge on any atom is 0.258 e. The van der Waals surface area contributed by atoms with Gasteiger partial charge in [-0.1, -0.05) is 41.4 Å². The number of hydrogen-bond acceptors (Lipinski definition) is 2. The van der Waals surface area contributed by atoms with Gasteiger partial charge in [0, 0.05) is 17.1 Å². The highest BCUT2D eigenvalue weighted by molar-refractivity contribution is 6.42. The Hall–Kier alpha value is -2.50. The third kappa shape index (κ3) is 2.75. The zero-order valence-corrected chi connectivity index (χ0v) is 14.4. The van der Waals surface area contributed by atoms with Crippen LogP contribution in [0.25, 0.3) is 10.9 Å². The van der Waals surface area contributed by atoms with E-state index in [0.717, 1.165) is 16.5 Å². The predicted octanol–water partition coefficient (Wildman–Crippen LogP) is 3.71. The molecule has 126 valence electrons. The Balaban J connectivity index is 1.62. The van der Waals surface area contributed by atoms with Crippen molar-refractivity contribution >= 4 is 51.6 Å². The summed E-state index contributed by atoms with van der Waals surface area (Å²) in [5.41, 5.74) is 5.00. The van der Waals surface area contributed by atoms with Crippen LogP contribution in [0.2, 0.25) is 10.0 Å². The molecule has 0 bridgehead atoms. The number of aromatic nitrogens is 1. The molecule has 7 heteroatoms. The lowest BCUT2D eigenvalue weighted by atomic mass is 9.98. The molecule has 2 heterocycles. The molecule has 1 atom stereocenters. The largest absolute Gasteiger partial charge is 0.361 e. The number of carbonyl (C=O) groups excluding carboxylic acids is 2. The first-order valence-electron chi connectivity index (χ1n) is 7.69. The van der Waals surface area contributed by atoms with Crippen LogP contribution in [0.1, 0.15) is 5.56 Å². The van der Waals surface area contributed by atoms with Crippen molar-refractivity contribution in [3.05, 3.63) is 64.3 Å². The molecule has 1 saturated heterocycles. The highest BCUT2D eigenvalue weighted by atomic mass is 35.5. The zero-order valence-electron chi connectivity index (χ0n) is 12.9. The van der Waals surface area contributed by atoms with Crippen molar-refractivity contribution in [3.8, 4) is 0 Å². The minimum Gasteiger partial charge on any atom is -0.361 e. The van der Waals surface area contributed by atoms with E-state index in [-0.39, 0.29) is 11.8 Å². The molecule has 1 unspecified atom stereocenters. The number of hydrogen-bond donors (Lipinski definition) is 2. The molecule has 1 aliphatic heterocycles. The second kappa shape index (κ2) is 6.10. The van der Waals surface area contributed by atoms with Crippen molar-refractivity contribution in [2.75, 3.05) is 5.01 Å². The lowest BCUT2D eigenvalue weighted by Gasteiger charge is -2.16. The molecule has 4 rings (SSSR count). The van der Waals surface area contributed by atoms with Gasteiger partial charge in [-0.15, -0.1) is 0 Å². The van der Waals surface area contributed by atoms with Gasteiger partial charge in [-0.25, -0.2) is 5.01 Å². The Labute approximate surface area is 153 Å². The van der Waals surface area contributed by atoms with E-state index in [2.05, 4.69) is 10.4 Å². The highest BCUT2D eigenvalue weighted by Crippen LogP contribution is 2.30. The molecule has 25 heavy (non-hydrogen) atoms. The average Bonchev–Trinajstić information content (AvgIpc) is 3.14.